The van der Waals surface area contributed by atoms with E-state index in [0.29, 0.717) is 39.2 Å². The Morgan fingerprint density at radius 1 is 1.41 bits per heavy atom. The van der Waals surface area contributed by atoms with Crippen molar-refractivity contribution in [3.8, 4) is 16.9 Å². The van der Waals surface area contributed by atoms with Gasteiger partial charge in [-0.1, -0.05) is 25.4 Å². The van der Waals surface area contributed by atoms with Crippen LogP contribution in [0.25, 0.3) is 0 Å². The van der Waals surface area contributed by atoms with Crippen LogP contribution in [0.15, 0.2) is 17.1 Å². The molecule has 9 heteroatoms. The van der Waals surface area contributed by atoms with Crippen LogP contribution in [0.3, 0.4) is 0 Å². The SMILES string of the molecule is CCC1(c2nsc(Oc3cc(Cl)c(/N=C\N(C)C)cc3C)c2C#N)C(C)C1(Cl)Cl. The summed E-state index contributed by atoms with van der Waals surface area (Å²) in [5.74, 6) is 0.540. The molecule has 0 saturated heterocycles. The highest BCUT2D eigenvalue weighted by Gasteiger charge is 2.75. The molecule has 1 aliphatic rings. The summed E-state index contributed by atoms with van der Waals surface area (Å²) in [6, 6.07) is 5.76. The third kappa shape index (κ3) is 3.59. The van der Waals surface area contributed by atoms with Crippen LogP contribution >= 0.6 is 46.3 Å². The highest BCUT2D eigenvalue weighted by atomic mass is 35.5. The largest absolute Gasteiger partial charge is 0.443 e. The van der Waals surface area contributed by atoms with Crippen molar-refractivity contribution >= 4 is 58.4 Å². The summed E-state index contributed by atoms with van der Waals surface area (Å²) in [6.45, 7) is 5.87. The number of nitrogens with zero attached hydrogens (tertiary/aromatic N) is 4. The lowest BCUT2D eigenvalue weighted by Gasteiger charge is -2.14. The Kier molecular flexibility index (Phi) is 6.08. The van der Waals surface area contributed by atoms with Crippen molar-refractivity contribution < 1.29 is 4.74 Å². The van der Waals surface area contributed by atoms with E-state index in [2.05, 4.69) is 15.4 Å². The van der Waals surface area contributed by atoms with E-state index in [1.165, 1.54) is 0 Å². The summed E-state index contributed by atoms with van der Waals surface area (Å²) >= 11 is 20.5. The lowest BCUT2D eigenvalue weighted by atomic mass is 9.93. The van der Waals surface area contributed by atoms with Crippen molar-refractivity contribution in [1.29, 1.82) is 5.26 Å². The molecule has 0 bridgehead atoms. The van der Waals surface area contributed by atoms with E-state index in [0.717, 1.165) is 17.1 Å². The maximum atomic E-state index is 9.80. The van der Waals surface area contributed by atoms with Crippen molar-refractivity contribution in [1.82, 2.24) is 9.27 Å². The standard InChI is InChI=1S/C20H21Cl3N4OS/c1-6-19(12(3)20(19,22)23)17-13(9-24)18(29-26-17)28-16-8-14(21)15(7-11(16)2)25-10-27(4)5/h7-8,10,12H,6H2,1-5H3/b25-10-. The molecular weight excluding hydrogens is 451 g/mol. The Morgan fingerprint density at radius 2 is 2.07 bits per heavy atom. The fraction of sp³-hybridized carbons (Fsp3) is 0.450. The molecule has 2 unspecified atom stereocenters. The number of hydrogen-bond acceptors (Lipinski definition) is 5. The summed E-state index contributed by atoms with van der Waals surface area (Å²) in [4.78, 5) is 6.17. The van der Waals surface area contributed by atoms with Crippen LogP contribution in [-0.4, -0.2) is 34.0 Å². The summed E-state index contributed by atoms with van der Waals surface area (Å²) in [6.07, 6.45) is 2.36. The molecule has 2 atom stereocenters. The molecule has 0 aliphatic heterocycles. The smallest absolute Gasteiger partial charge is 0.218 e. The van der Waals surface area contributed by atoms with Gasteiger partial charge < -0.3 is 9.64 Å². The second kappa shape index (κ2) is 7.96. The number of alkyl halides is 2. The molecule has 1 fully saturated rings. The maximum absolute atomic E-state index is 9.80. The maximum Gasteiger partial charge on any atom is 0.218 e. The second-order valence-electron chi connectivity index (χ2n) is 7.35. The number of benzene rings is 1. The highest BCUT2D eigenvalue weighted by molar-refractivity contribution is 7.08. The second-order valence-corrected chi connectivity index (χ2v) is 9.88. The Morgan fingerprint density at radius 3 is 2.59 bits per heavy atom. The molecule has 1 aromatic carbocycles. The fourth-order valence-corrected chi connectivity index (χ4v) is 5.62. The predicted octanol–water partition coefficient (Wildman–Crippen LogP) is 6.46. The van der Waals surface area contributed by atoms with Gasteiger partial charge in [0.25, 0.3) is 0 Å². The lowest BCUT2D eigenvalue weighted by Crippen LogP contribution is -2.16. The van der Waals surface area contributed by atoms with Gasteiger partial charge in [0, 0.05) is 37.6 Å². The molecule has 5 nitrogen and oxygen atoms in total. The van der Waals surface area contributed by atoms with E-state index in [9.17, 15) is 5.26 Å². The van der Waals surface area contributed by atoms with Gasteiger partial charge in [-0.25, -0.2) is 4.99 Å². The van der Waals surface area contributed by atoms with Crippen molar-refractivity contribution in [3.63, 3.8) is 0 Å². The number of ether oxygens (including phenoxy) is 1. The van der Waals surface area contributed by atoms with Gasteiger partial charge in [-0.05, 0) is 25.0 Å². The number of aryl methyl sites for hydroxylation is 1. The Balaban J connectivity index is 1.96. The van der Waals surface area contributed by atoms with E-state index in [1.807, 2.05) is 45.8 Å². The molecule has 1 aromatic heterocycles. The first-order chi connectivity index (χ1) is 13.6. The van der Waals surface area contributed by atoms with Gasteiger partial charge in [-0.15, -0.1) is 23.2 Å². The molecule has 154 valence electrons. The van der Waals surface area contributed by atoms with Crippen LogP contribution in [0.5, 0.6) is 10.8 Å². The Labute approximate surface area is 190 Å². The molecule has 1 heterocycles. The minimum Gasteiger partial charge on any atom is -0.443 e. The van der Waals surface area contributed by atoms with Crippen molar-refractivity contribution in [3.05, 3.63) is 34.0 Å². The van der Waals surface area contributed by atoms with E-state index in [1.54, 1.807) is 12.4 Å². The number of hydrogen-bond donors (Lipinski definition) is 0. The average molecular weight is 472 g/mol. The van der Waals surface area contributed by atoms with Crippen molar-refractivity contribution in [2.24, 2.45) is 10.9 Å². The summed E-state index contributed by atoms with van der Waals surface area (Å²) in [5.41, 5.74) is 1.92. The highest BCUT2D eigenvalue weighted by Crippen LogP contribution is 2.71. The first-order valence-electron chi connectivity index (χ1n) is 9.06. The third-order valence-electron chi connectivity index (χ3n) is 5.42. The molecule has 1 saturated carbocycles. The van der Waals surface area contributed by atoms with Gasteiger partial charge in [0.15, 0.2) is 0 Å². The minimum absolute atomic E-state index is 0.00425. The first-order valence-corrected chi connectivity index (χ1v) is 11.0. The third-order valence-corrected chi connectivity index (χ3v) is 7.78. The van der Waals surface area contributed by atoms with Gasteiger partial charge in [-0.3, -0.25) is 0 Å². The van der Waals surface area contributed by atoms with Crippen LogP contribution in [0, 0.1) is 24.2 Å². The minimum atomic E-state index is -0.940. The van der Waals surface area contributed by atoms with E-state index in [4.69, 9.17) is 39.5 Å². The molecule has 0 radical (unpaired) electrons. The number of rotatable bonds is 6. The van der Waals surface area contributed by atoms with Crippen molar-refractivity contribution in [2.45, 2.75) is 36.9 Å². The molecule has 0 N–H and O–H groups in total. The quantitative estimate of drug-likeness (QED) is 0.275. The first kappa shape index (κ1) is 22.2. The Bertz CT molecular complexity index is 1010. The molecule has 2 aromatic rings. The molecule has 0 spiro atoms. The molecule has 0 amide bonds. The molecular formula is C20H21Cl3N4OS. The zero-order valence-electron chi connectivity index (χ0n) is 16.8. The van der Waals surface area contributed by atoms with E-state index < -0.39 is 9.75 Å². The molecule has 1 aliphatic carbocycles. The summed E-state index contributed by atoms with van der Waals surface area (Å²) in [5, 5.41) is 10.7. The van der Waals surface area contributed by atoms with E-state index >= 15 is 0 Å². The van der Waals surface area contributed by atoms with Gasteiger partial charge in [-0.2, -0.15) is 9.64 Å². The number of aliphatic imine (C=N–C) groups is 1. The van der Waals surface area contributed by atoms with Crippen molar-refractivity contribution in [2.75, 3.05) is 14.1 Å². The molecule has 3 rings (SSSR count). The number of nitriles is 1. The van der Waals surface area contributed by atoms with Gasteiger partial charge in [0.2, 0.25) is 5.06 Å². The topological polar surface area (TPSA) is 61.5 Å². The zero-order valence-corrected chi connectivity index (χ0v) is 19.8. The van der Waals surface area contributed by atoms with Crippen LogP contribution in [0.1, 0.15) is 37.1 Å². The number of aromatic nitrogens is 1. The van der Waals surface area contributed by atoms with Crippen LogP contribution in [0.4, 0.5) is 5.69 Å². The average Bonchev–Trinajstić information content (AvgIpc) is 2.94. The van der Waals surface area contributed by atoms with Crippen LogP contribution in [-0.2, 0) is 5.41 Å². The monoisotopic (exact) mass is 470 g/mol. The predicted molar refractivity (Wildman–Crippen MR) is 121 cm³/mol. The van der Waals surface area contributed by atoms with E-state index in [-0.39, 0.29) is 5.92 Å². The van der Waals surface area contributed by atoms with Crippen LogP contribution in [0.2, 0.25) is 5.02 Å². The lowest BCUT2D eigenvalue weighted by molar-refractivity contribution is 0.489. The summed E-state index contributed by atoms with van der Waals surface area (Å²) < 4.78 is 9.62. The summed E-state index contributed by atoms with van der Waals surface area (Å²) in [7, 11) is 3.76. The zero-order chi connectivity index (χ0) is 21.6. The normalized spacial score (nSPS) is 22.5. The Hall–Kier alpha value is -1.52. The number of halogens is 3. The molecule has 29 heavy (non-hydrogen) atoms. The fourth-order valence-electron chi connectivity index (χ4n) is 3.59. The van der Waals surface area contributed by atoms with Gasteiger partial charge in [0.05, 0.1) is 28.2 Å². The van der Waals surface area contributed by atoms with Crippen LogP contribution < -0.4 is 4.74 Å². The van der Waals surface area contributed by atoms with Gasteiger partial charge in [0.1, 0.15) is 21.7 Å². The van der Waals surface area contributed by atoms with Gasteiger partial charge >= 0.3 is 0 Å².